The van der Waals surface area contributed by atoms with Crippen LogP contribution in [0.4, 0.5) is 0 Å². The molecule has 0 spiro atoms. The third-order valence-electron chi connectivity index (χ3n) is 4.95. The molecule has 0 bridgehead atoms. The predicted molar refractivity (Wildman–Crippen MR) is 141 cm³/mol. The van der Waals surface area contributed by atoms with Crippen molar-refractivity contribution in [3.05, 3.63) is 118 Å². The van der Waals surface area contributed by atoms with Crippen LogP contribution in [0, 0.1) is 41.5 Å². The van der Waals surface area contributed by atoms with E-state index in [1.807, 2.05) is 96.1 Å². The van der Waals surface area contributed by atoms with Crippen LogP contribution in [0.2, 0.25) is 0 Å². The SMILES string of the molecule is Cc1cc(C)c(O)c(C)c1.Cc1cccc(C)c1O.Cc1ccccc1O.Oc1ccccc1. The summed E-state index contributed by atoms with van der Waals surface area (Å²) < 4.78 is 0. The number of hydrogen-bond donors (Lipinski definition) is 4. The molecule has 4 rings (SSSR count). The number of rotatable bonds is 0. The highest BCUT2D eigenvalue weighted by molar-refractivity contribution is 5.41. The molecule has 4 N–H and O–H groups in total. The minimum absolute atomic E-state index is 0.322. The normalized spacial score (nSPS) is 9.35. The van der Waals surface area contributed by atoms with Crippen LogP contribution in [0.15, 0.2) is 84.9 Å². The molecule has 0 aromatic heterocycles. The van der Waals surface area contributed by atoms with Crippen molar-refractivity contribution < 1.29 is 20.4 Å². The lowest BCUT2D eigenvalue weighted by molar-refractivity contribution is 0.466. The van der Waals surface area contributed by atoms with Crippen molar-refractivity contribution in [1.29, 1.82) is 0 Å². The molecule has 0 atom stereocenters. The monoisotopic (exact) mass is 460 g/mol. The average molecular weight is 461 g/mol. The predicted octanol–water partition coefficient (Wildman–Crippen LogP) is 7.42. The van der Waals surface area contributed by atoms with Gasteiger partial charge < -0.3 is 20.4 Å². The Labute approximate surface area is 203 Å². The fourth-order valence-electron chi connectivity index (χ4n) is 2.97. The van der Waals surface area contributed by atoms with Gasteiger partial charge in [0.05, 0.1) is 0 Å². The minimum atomic E-state index is 0.322. The topological polar surface area (TPSA) is 80.9 Å². The third-order valence-corrected chi connectivity index (χ3v) is 4.95. The van der Waals surface area contributed by atoms with Crippen molar-refractivity contribution in [3.63, 3.8) is 0 Å². The molecule has 0 heterocycles. The first kappa shape index (κ1) is 28.1. The van der Waals surface area contributed by atoms with Crippen LogP contribution >= 0.6 is 0 Å². The van der Waals surface area contributed by atoms with Gasteiger partial charge in [-0.25, -0.2) is 0 Å². The molecule has 0 amide bonds. The second kappa shape index (κ2) is 14.3. The van der Waals surface area contributed by atoms with Gasteiger partial charge in [0.25, 0.3) is 0 Å². The second-order valence-electron chi connectivity index (χ2n) is 8.11. The lowest BCUT2D eigenvalue weighted by Gasteiger charge is -2.03. The van der Waals surface area contributed by atoms with E-state index in [0.717, 1.165) is 27.8 Å². The molecule has 0 aliphatic carbocycles. The van der Waals surface area contributed by atoms with Crippen LogP contribution < -0.4 is 0 Å². The van der Waals surface area contributed by atoms with Crippen LogP contribution in [0.3, 0.4) is 0 Å². The van der Waals surface area contributed by atoms with Crippen molar-refractivity contribution >= 4 is 0 Å². The van der Waals surface area contributed by atoms with Gasteiger partial charge in [0.15, 0.2) is 0 Å². The Bertz CT molecular complexity index is 1090. The van der Waals surface area contributed by atoms with E-state index in [1.54, 1.807) is 30.3 Å². The van der Waals surface area contributed by atoms with Gasteiger partial charge in [0.2, 0.25) is 0 Å². The van der Waals surface area contributed by atoms with Gasteiger partial charge >= 0.3 is 0 Å². The lowest BCUT2D eigenvalue weighted by atomic mass is 10.1. The Morgan fingerprint density at radius 2 is 0.824 bits per heavy atom. The molecule has 0 saturated heterocycles. The zero-order chi connectivity index (χ0) is 25.7. The second-order valence-corrected chi connectivity index (χ2v) is 8.11. The van der Waals surface area contributed by atoms with E-state index in [2.05, 4.69) is 0 Å². The van der Waals surface area contributed by atoms with E-state index in [9.17, 15) is 10.2 Å². The zero-order valence-electron chi connectivity index (χ0n) is 20.9. The van der Waals surface area contributed by atoms with Gasteiger partial charge in [-0.05, 0) is 87.6 Å². The van der Waals surface area contributed by atoms with Gasteiger partial charge in [-0.2, -0.15) is 0 Å². The summed E-state index contributed by atoms with van der Waals surface area (Å²) in [7, 11) is 0. The summed E-state index contributed by atoms with van der Waals surface area (Å²) in [5.74, 6) is 1.53. The number of phenols is 4. The maximum atomic E-state index is 9.33. The number of aromatic hydroxyl groups is 4. The van der Waals surface area contributed by atoms with E-state index in [-0.39, 0.29) is 0 Å². The van der Waals surface area contributed by atoms with E-state index in [4.69, 9.17) is 10.2 Å². The molecule has 34 heavy (non-hydrogen) atoms. The first-order valence-electron chi connectivity index (χ1n) is 11.0. The fraction of sp³-hybridized carbons (Fsp3) is 0.200. The summed E-state index contributed by atoms with van der Waals surface area (Å²) >= 11 is 0. The molecule has 0 aliphatic heterocycles. The summed E-state index contributed by atoms with van der Waals surface area (Å²) in [6.45, 7) is 11.5. The molecule has 4 aromatic carbocycles. The van der Waals surface area contributed by atoms with Crippen molar-refractivity contribution in [2.75, 3.05) is 0 Å². The molecule has 0 fully saturated rings. The molecule has 0 saturated carbocycles. The Kier molecular flexibility index (Phi) is 11.8. The quantitative estimate of drug-likeness (QED) is 0.220. The van der Waals surface area contributed by atoms with Crippen molar-refractivity contribution in [2.45, 2.75) is 41.5 Å². The Hall–Kier alpha value is -3.92. The first-order chi connectivity index (χ1) is 16.0. The summed E-state index contributed by atoms with van der Waals surface area (Å²) in [6.07, 6.45) is 0. The highest BCUT2D eigenvalue weighted by atomic mass is 16.3. The van der Waals surface area contributed by atoms with Gasteiger partial charge in [-0.3, -0.25) is 0 Å². The number of hydrogen-bond acceptors (Lipinski definition) is 4. The molecule has 0 aliphatic rings. The van der Waals surface area contributed by atoms with Crippen molar-refractivity contribution in [2.24, 2.45) is 0 Å². The standard InChI is InChI=1S/C9H12O.C8H10O.C7H8O.C6H6O/c1-6-4-7(2)9(10)8(3)5-6;1-6-4-3-5-7(2)8(6)9;1-6-4-2-3-5-7(6)8;7-6-4-2-1-3-5-6/h4-5,10H,1-3H3;3-5,9H,1-2H3;2-5,8H,1H3;1-5,7H. The molecule has 4 aromatic rings. The van der Waals surface area contributed by atoms with Crippen LogP contribution in [0.1, 0.15) is 33.4 Å². The van der Waals surface area contributed by atoms with Crippen LogP contribution in [-0.4, -0.2) is 20.4 Å². The fourth-order valence-corrected chi connectivity index (χ4v) is 2.97. The maximum Gasteiger partial charge on any atom is 0.121 e. The van der Waals surface area contributed by atoms with Crippen LogP contribution in [0.25, 0.3) is 0 Å². The number of para-hydroxylation sites is 3. The molecule has 0 radical (unpaired) electrons. The Morgan fingerprint density at radius 1 is 0.412 bits per heavy atom. The highest BCUT2D eigenvalue weighted by Gasteiger charge is 1.99. The van der Waals surface area contributed by atoms with Crippen molar-refractivity contribution in [1.82, 2.24) is 0 Å². The number of benzene rings is 4. The lowest BCUT2D eigenvalue weighted by Crippen LogP contribution is -1.81. The summed E-state index contributed by atoms with van der Waals surface area (Å²) in [5, 5.41) is 36.1. The summed E-state index contributed by atoms with van der Waals surface area (Å²) in [5.41, 5.74) is 5.92. The average Bonchev–Trinajstić information content (AvgIpc) is 2.79. The van der Waals surface area contributed by atoms with Gasteiger partial charge in [0.1, 0.15) is 23.0 Å². The third kappa shape index (κ3) is 10.1. The van der Waals surface area contributed by atoms with Crippen LogP contribution in [0.5, 0.6) is 23.0 Å². The molecular formula is C30H36O4. The summed E-state index contributed by atoms with van der Waals surface area (Å²) in [6, 6.07) is 25.6. The van der Waals surface area contributed by atoms with Gasteiger partial charge in [-0.1, -0.05) is 72.3 Å². The van der Waals surface area contributed by atoms with Crippen molar-refractivity contribution in [3.8, 4) is 23.0 Å². The Balaban J connectivity index is 0.000000228. The smallest absolute Gasteiger partial charge is 0.121 e. The molecule has 4 nitrogen and oxygen atoms in total. The van der Waals surface area contributed by atoms with Gasteiger partial charge in [-0.15, -0.1) is 0 Å². The van der Waals surface area contributed by atoms with E-state index in [1.165, 1.54) is 5.56 Å². The Morgan fingerprint density at radius 3 is 1.18 bits per heavy atom. The number of phenolic OH excluding ortho intramolecular Hbond substituents is 4. The molecular weight excluding hydrogens is 424 g/mol. The molecule has 180 valence electrons. The summed E-state index contributed by atoms with van der Waals surface area (Å²) in [4.78, 5) is 0. The first-order valence-corrected chi connectivity index (χ1v) is 11.0. The highest BCUT2D eigenvalue weighted by Crippen LogP contribution is 2.22. The van der Waals surface area contributed by atoms with E-state index in [0.29, 0.717) is 23.0 Å². The minimum Gasteiger partial charge on any atom is -0.508 e. The van der Waals surface area contributed by atoms with E-state index >= 15 is 0 Å². The zero-order valence-corrected chi connectivity index (χ0v) is 20.9. The molecule has 0 unspecified atom stereocenters. The maximum absolute atomic E-state index is 9.33. The van der Waals surface area contributed by atoms with E-state index < -0.39 is 0 Å². The van der Waals surface area contributed by atoms with Crippen LogP contribution in [-0.2, 0) is 0 Å². The number of aryl methyl sites for hydroxylation is 6. The van der Waals surface area contributed by atoms with Gasteiger partial charge in [0, 0.05) is 0 Å². The molecule has 4 heteroatoms. The largest absolute Gasteiger partial charge is 0.508 e.